The van der Waals surface area contributed by atoms with Gasteiger partial charge in [0.1, 0.15) is 5.75 Å². The summed E-state index contributed by atoms with van der Waals surface area (Å²) in [6.45, 7) is 3.01. The Hall–Kier alpha value is -1.59. The van der Waals surface area contributed by atoms with Crippen LogP contribution in [0.5, 0.6) is 5.75 Å². The van der Waals surface area contributed by atoms with Gasteiger partial charge < -0.3 is 20.7 Å². The predicted molar refractivity (Wildman–Crippen MR) is 70.3 cm³/mol. The van der Waals surface area contributed by atoms with Crippen LogP contribution in [0.2, 0.25) is 0 Å². The van der Waals surface area contributed by atoms with Crippen molar-refractivity contribution in [2.24, 2.45) is 11.7 Å². The van der Waals surface area contributed by atoms with Crippen LogP contribution >= 0.6 is 0 Å². The summed E-state index contributed by atoms with van der Waals surface area (Å²) >= 11 is 0. The Morgan fingerprint density at radius 2 is 2.05 bits per heavy atom. The lowest BCUT2D eigenvalue weighted by Crippen LogP contribution is -2.27. The molecule has 1 atom stereocenters. The summed E-state index contributed by atoms with van der Waals surface area (Å²) in [5.41, 5.74) is 7.42. The van der Waals surface area contributed by atoms with E-state index in [0.29, 0.717) is 24.3 Å². The monoisotopic (exact) mass is 265 g/mol. The molecule has 0 aromatic heterocycles. The Labute approximate surface area is 112 Å². The number of aromatic carboxylic acids is 1. The number of phenols is 1. The number of aromatic hydroxyl groups is 1. The Balaban J connectivity index is 2.34. The molecule has 2 rings (SSSR count). The first kappa shape index (κ1) is 13.8. The van der Waals surface area contributed by atoms with Crippen molar-refractivity contribution < 1.29 is 19.7 Å². The molecule has 1 aliphatic heterocycles. The fraction of sp³-hybridized carbons (Fsp3) is 0.500. The molecule has 1 aliphatic rings. The van der Waals surface area contributed by atoms with Gasteiger partial charge in [0.25, 0.3) is 0 Å². The van der Waals surface area contributed by atoms with Gasteiger partial charge in [0.2, 0.25) is 0 Å². The Morgan fingerprint density at radius 1 is 1.42 bits per heavy atom. The van der Waals surface area contributed by atoms with E-state index in [2.05, 4.69) is 0 Å². The maximum absolute atomic E-state index is 11.1. The lowest BCUT2D eigenvalue weighted by Gasteiger charge is -2.28. The van der Waals surface area contributed by atoms with Crippen LogP contribution in [0.1, 0.15) is 40.4 Å². The van der Waals surface area contributed by atoms with Crippen LogP contribution in [0, 0.1) is 12.8 Å². The quantitative estimate of drug-likeness (QED) is 0.775. The largest absolute Gasteiger partial charge is 0.507 e. The van der Waals surface area contributed by atoms with Gasteiger partial charge in [-0.25, -0.2) is 4.79 Å². The number of carboxylic acids is 1. The minimum absolute atomic E-state index is 0.101. The van der Waals surface area contributed by atoms with Crippen LogP contribution in [0.3, 0.4) is 0 Å². The molecule has 19 heavy (non-hydrogen) atoms. The molecule has 5 nitrogen and oxygen atoms in total. The van der Waals surface area contributed by atoms with E-state index in [-0.39, 0.29) is 23.3 Å². The molecule has 0 bridgehead atoms. The van der Waals surface area contributed by atoms with Crippen molar-refractivity contribution in [3.05, 3.63) is 28.8 Å². The molecule has 0 unspecified atom stereocenters. The number of nitrogens with two attached hydrogens (primary N) is 1. The maximum atomic E-state index is 11.1. The van der Waals surface area contributed by atoms with Gasteiger partial charge in [-0.2, -0.15) is 0 Å². The number of hydrogen-bond acceptors (Lipinski definition) is 4. The van der Waals surface area contributed by atoms with Crippen LogP contribution < -0.4 is 5.73 Å². The van der Waals surface area contributed by atoms with Crippen molar-refractivity contribution in [1.29, 1.82) is 0 Å². The van der Waals surface area contributed by atoms with Crippen LogP contribution in [0.15, 0.2) is 12.1 Å². The number of phenolic OH excluding ortho intramolecular Hbond substituents is 1. The summed E-state index contributed by atoms with van der Waals surface area (Å²) in [6.07, 6.45) is 1.66. The minimum atomic E-state index is -1.01. The molecule has 1 fully saturated rings. The highest BCUT2D eigenvalue weighted by atomic mass is 16.5. The van der Waals surface area contributed by atoms with Crippen molar-refractivity contribution in [2.45, 2.75) is 25.8 Å². The summed E-state index contributed by atoms with van der Waals surface area (Å²) in [4.78, 5) is 11.1. The van der Waals surface area contributed by atoms with Crippen LogP contribution in [-0.4, -0.2) is 29.4 Å². The van der Waals surface area contributed by atoms with Gasteiger partial charge in [-0.3, -0.25) is 0 Å². The number of carbonyl (C=O) groups is 1. The van der Waals surface area contributed by atoms with Crippen LogP contribution in [0.4, 0.5) is 0 Å². The third kappa shape index (κ3) is 2.88. The Morgan fingerprint density at radius 3 is 2.63 bits per heavy atom. The van der Waals surface area contributed by atoms with Gasteiger partial charge in [-0.15, -0.1) is 0 Å². The summed E-state index contributed by atoms with van der Waals surface area (Å²) in [6, 6.07) is 2.57. The SMILES string of the molecule is Cc1cc(C(=O)O)cc([C@@H](N)C2CCOCC2)c1O. The molecule has 0 amide bonds. The van der Waals surface area contributed by atoms with Gasteiger partial charge in [0.05, 0.1) is 5.56 Å². The zero-order valence-corrected chi connectivity index (χ0v) is 10.9. The van der Waals surface area contributed by atoms with Crippen molar-refractivity contribution in [2.75, 3.05) is 13.2 Å². The van der Waals surface area contributed by atoms with Gasteiger partial charge in [0.15, 0.2) is 0 Å². The average molecular weight is 265 g/mol. The van der Waals surface area contributed by atoms with E-state index >= 15 is 0 Å². The second-order valence-electron chi connectivity index (χ2n) is 5.01. The fourth-order valence-corrected chi connectivity index (χ4v) is 2.51. The first-order valence-corrected chi connectivity index (χ1v) is 6.41. The average Bonchev–Trinajstić information content (AvgIpc) is 2.41. The Bertz CT molecular complexity index is 481. The Kier molecular flexibility index (Phi) is 4.07. The smallest absolute Gasteiger partial charge is 0.335 e. The maximum Gasteiger partial charge on any atom is 0.335 e. The van der Waals surface area contributed by atoms with E-state index in [4.69, 9.17) is 15.6 Å². The number of hydrogen-bond donors (Lipinski definition) is 3. The van der Waals surface area contributed by atoms with Crippen LogP contribution in [-0.2, 0) is 4.74 Å². The van der Waals surface area contributed by atoms with Gasteiger partial charge >= 0.3 is 5.97 Å². The third-order valence-electron chi connectivity index (χ3n) is 3.71. The van der Waals surface area contributed by atoms with E-state index in [1.807, 2.05) is 0 Å². The molecule has 0 saturated carbocycles. The van der Waals surface area contributed by atoms with Gasteiger partial charge in [-0.1, -0.05) is 0 Å². The highest BCUT2D eigenvalue weighted by molar-refractivity contribution is 5.88. The summed E-state index contributed by atoms with van der Waals surface area (Å²) in [5, 5.41) is 19.2. The number of rotatable bonds is 3. The molecule has 104 valence electrons. The van der Waals surface area contributed by atoms with E-state index in [1.165, 1.54) is 12.1 Å². The summed E-state index contributed by atoms with van der Waals surface area (Å²) in [5.74, 6) is -0.699. The number of benzene rings is 1. The molecule has 5 heteroatoms. The zero-order valence-electron chi connectivity index (χ0n) is 10.9. The molecule has 1 aromatic rings. The zero-order chi connectivity index (χ0) is 14.0. The molecule has 0 aliphatic carbocycles. The van der Waals surface area contributed by atoms with Crippen molar-refractivity contribution >= 4 is 5.97 Å². The third-order valence-corrected chi connectivity index (χ3v) is 3.71. The molecule has 0 spiro atoms. The number of ether oxygens (including phenoxy) is 1. The molecule has 0 radical (unpaired) electrons. The van der Waals surface area contributed by atoms with E-state index in [9.17, 15) is 9.90 Å². The molecule has 1 saturated heterocycles. The highest BCUT2D eigenvalue weighted by Gasteiger charge is 2.25. The van der Waals surface area contributed by atoms with Crippen molar-refractivity contribution in [3.8, 4) is 5.75 Å². The van der Waals surface area contributed by atoms with E-state index in [0.717, 1.165) is 12.8 Å². The van der Waals surface area contributed by atoms with E-state index in [1.54, 1.807) is 6.92 Å². The highest BCUT2D eigenvalue weighted by Crippen LogP contribution is 2.35. The molecule has 1 aromatic carbocycles. The first-order valence-electron chi connectivity index (χ1n) is 6.41. The normalized spacial score (nSPS) is 18.2. The van der Waals surface area contributed by atoms with Crippen LogP contribution in [0.25, 0.3) is 0 Å². The minimum Gasteiger partial charge on any atom is -0.507 e. The summed E-state index contributed by atoms with van der Waals surface area (Å²) < 4.78 is 5.29. The molecule has 1 heterocycles. The fourth-order valence-electron chi connectivity index (χ4n) is 2.51. The number of carboxylic acid groups (broad SMARTS) is 1. The van der Waals surface area contributed by atoms with E-state index < -0.39 is 5.97 Å². The first-order chi connectivity index (χ1) is 9.00. The summed E-state index contributed by atoms with van der Waals surface area (Å²) in [7, 11) is 0. The molecular formula is C14H19NO4. The second kappa shape index (κ2) is 5.59. The lowest BCUT2D eigenvalue weighted by molar-refractivity contribution is 0.0580. The predicted octanol–water partition coefficient (Wildman–Crippen LogP) is 1.83. The molecular weight excluding hydrogens is 246 g/mol. The molecule has 4 N–H and O–H groups in total. The number of aryl methyl sites for hydroxylation is 1. The van der Waals surface area contributed by atoms with Gasteiger partial charge in [0, 0.05) is 24.8 Å². The standard InChI is InChI=1S/C14H19NO4/c1-8-6-10(14(17)18)7-11(13(8)16)12(15)9-2-4-19-5-3-9/h6-7,9,12,16H,2-5,15H2,1H3,(H,17,18)/t12-/m0/s1. The van der Waals surface area contributed by atoms with Crippen molar-refractivity contribution in [1.82, 2.24) is 0 Å². The lowest BCUT2D eigenvalue weighted by atomic mass is 9.86. The van der Waals surface area contributed by atoms with Crippen molar-refractivity contribution in [3.63, 3.8) is 0 Å². The second-order valence-corrected chi connectivity index (χ2v) is 5.01. The topological polar surface area (TPSA) is 92.8 Å². The van der Waals surface area contributed by atoms with Gasteiger partial charge in [-0.05, 0) is 43.4 Å².